The molecule has 1 aliphatic heterocycles. The number of nitrogens with one attached hydrogen (secondary N) is 1. The Labute approximate surface area is 129 Å². The highest BCUT2D eigenvalue weighted by molar-refractivity contribution is 7.99. The molecule has 1 fully saturated rings. The molecule has 0 spiro atoms. The molecule has 5 heteroatoms. The van der Waals surface area contributed by atoms with E-state index in [2.05, 4.69) is 11.4 Å². The Morgan fingerprint density at radius 3 is 2.71 bits per heavy atom. The molecule has 114 valence electrons. The molecule has 2 rings (SSSR count). The van der Waals surface area contributed by atoms with Crippen LogP contribution in [0.15, 0.2) is 18.2 Å². The second-order valence-corrected chi connectivity index (χ2v) is 6.77. The van der Waals surface area contributed by atoms with Crippen LogP contribution in [0.25, 0.3) is 0 Å². The van der Waals surface area contributed by atoms with Gasteiger partial charge in [-0.2, -0.15) is 11.8 Å². The maximum absolute atomic E-state index is 12.1. The fourth-order valence-electron chi connectivity index (χ4n) is 2.59. The van der Waals surface area contributed by atoms with Crippen LogP contribution >= 0.6 is 11.8 Å². The van der Waals surface area contributed by atoms with Gasteiger partial charge < -0.3 is 10.4 Å². The van der Waals surface area contributed by atoms with E-state index in [1.807, 2.05) is 26.0 Å². The van der Waals surface area contributed by atoms with Crippen molar-refractivity contribution in [1.29, 1.82) is 0 Å². The number of aliphatic carboxylic acids is 1. The molecule has 0 saturated carbocycles. The van der Waals surface area contributed by atoms with E-state index in [9.17, 15) is 14.7 Å². The summed E-state index contributed by atoms with van der Waals surface area (Å²) in [6, 6.07) is 6.17. The van der Waals surface area contributed by atoms with Crippen LogP contribution in [-0.2, 0) is 16.0 Å². The molecule has 0 radical (unpaired) electrons. The quantitative estimate of drug-likeness (QED) is 0.876. The third kappa shape index (κ3) is 3.79. The minimum absolute atomic E-state index is 0.181. The zero-order chi connectivity index (χ0) is 15.5. The Morgan fingerprint density at radius 1 is 1.38 bits per heavy atom. The van der Waals surface area contributed by atoms with E-state index in [4.69, 9.17) is 0 Å². The van der Waals surface area contributed by atoms with Crippen molar-refractivity contribution in [3.05, 3.63) is 34.9 Å². The van der Waals surface area contributed by atoms with Gasteiger partial charge in [-0.1, -0.05) is 23.8 Å². The molecule has 0 bridgehead atoms. The van der Waals surface area contributed by atoms with Crippen LogP contribution in [-0.4, -0.2) is 34.0 Å². The molecule has 1 saturated heterocycles. The first kappa shape index (κ1) is 15.9. The maximum Gasteiger partial charge on any atom is 0.330 e. The first-order valence-corrected chi connectivity index (χ1v) is 8.27. The molecule has 21 heavy (non-hydrogen) atoms. The van der Waals surface area contributed by atoms with Gasteiger partial charge in [0.2, 0.25) is 5.91 Å². The van der Waals surface area contributed by atoms with Crippen LogP contribution in [0.1, 0.15) is 29.5 Å². The second-order valence-electron chi connectivity index (χ2n) is 5.67. The Hall–Kier alpha value is -1.49. The van der Waals surface area contributed by atoms with Gasteiger partial charge in [-0.05, 0) is 43.6 Å². The molecule has 1 amide bonds. The van der Waals surface area contributed by atoms with Crippen molar-refractivity contribution in [2.75, 3.05) is 11.5 Å². The third-order valence-electron chi connectivity index (χ3n) is 3.93. The Bertz CT molecular complexity index is 550. The molecule has 0 aromatic heterocycles. The molecule has 1 aromatic carbocycles. The van der Waals surface area contributed by atoms with Crippen LogP contribution in [0.2, 0.25) is 0 Å². The molecule has 1 aliphatic rings. The normalized spacial score (nSPS) is 21.2. The summed E-state index contributed by atoms with van der Waals surface area (Å²) >= 11 is 1.57. The molecule has 2 N–H and O–H groups in total. The van der Waals surface area contributed by atoms with Gasteiger partial charge in [0.15, 0.2) is 0 Å². The number of carboxylic acid groups (broad SMARTS) is 1. The Balaban J connectivity index is 1.94. The summed E-state index contributed by atoms with van der Waals surface area (Å²) in [6.45, 7) is 4.07. The lowest BCUT2D eigenvalue weighted by Gasteiger charge is -2.24. The summed E-state index contributed by atoms with van der Waals surface area (Å²) in [6.07, 6.45) is 1.46. The molecule has 1 unspecified atom stereocenters. The number of carbonyl (C=O) groups excluding carboxylic acids is 1. The highest BCUT2D eigenvalue weighted by Gasteiger charge is 2.43. The van der Waals surface area contributed by atoms with Crippen molar-refractivity contribution in [2.45, 2.75) is 38.6 Å². The predicted molar refractivity (Wildman–Crippen MR) is 84.7 cm³/mol. The molecule has 4 nitrogen and oxygen atoms in total. The van der Waals surface area contributed by atoms with Crippen molar-refractivity contribution >= 4 is 23.6 Å². The Kier molecular flexibility index (Phi) is 4.93. The number of hydrogen-bond donors (Lipinski definition) is 2. The summed E-state index contributed by atoms with van der Waals surface area (Å²) in [5, 5.41) is 12.1. The number of aryl methyl sites for hydroxylation is 3. The smallest absolute Gasteiger partial charge is 0.330 e. The van der Waals surface area contributed by atoms with Gasteiger partial charge in [-0.25, -0.2) is 4.79 Å². The van der Waals surface area contributed by atoms with Gasteiger partial charge >= 0.3 is 5.97 Å². The van der Waals surface area contributed by atoms with Crippen LogP contribution in [0.3, 0.4) is 0 Å². The average Bonchev–Trinajstić information content (AvgIpc) is 2.87. The van der Waals surface area contributed by atoms with E-state index in [0.717, 1.165) is 11.3 Å². The third-order valence-corrected chi connectivity index (χ3v) is 5.12. The minimum atomic E-state index is -1.07. The number of carbonyl (C=O) groups is 2. The second kappa shape index (κ2) is 6.52. The first-order valence-electron chi connectivity index (χ1n) is 7.11. The number of carboxylic acids is 1. The predicted octanol–water partition coefficient (Wildman–Crippen LogP) is 2.31. The van der Waals surface area contributed by atoms with Crippen molar-refractivity contribution in [3.63, 3.8) is 0 Å². The molecular formula is C16H21NO3S. The lowest BCUT2D eigenvalue weighted by Crippen LogP contribution is -2.54. The van der Waals surface area contributed by atoms with Crippen LogP contribution < -0.4 is 5.32 Å². The van der Waals surface area contributed by atoms with Gasteiger partial charge in [0.25, 0.3) is 0 Å². The highest BCUT2D eigenvalue weighted by atomic mass is 32.2. The van der Waals surface area contributed by atoms with Crippen LogP contribution in [0.5, 0.6) is 0 Å². The topological polar surface area (TPSA) is 66.4 Å². The number of benzene rings is 1. The summed E-state index contributed by atoms with van der Waals surface area (Å²) in [5.74, 6) is 0.133. The van der Waals surface area contributed by atoms with Gasteiger partial charge in [0.05, 0.1) is 0 Å². The standard InChI is InChI=1S/C16H21NO3S/c1-11-3-4-13(12(2)9-11)5-6-14(18)17-16(15(19)20)7-8-21-10-16/h3-4,9H,5-8,10H2,1-2H3,(H,17,18)(H,19,20). The lowest BCUT2D eigenvalue weighted by atomic mass is 9.98. The van der Waals surface area contributed by atoms with E-state index in [0.29, 0.717) is 25.0 Å². The van der Waals surface area contributed by atoms with Crippen LogP contribution in [0, 0.1) is 13.8 Å². The summed E-state index contributed by atoms with van der Waals surface area (Å²) in [4.78, 5) is 23.5. The number of amides is 1. The van der Waals surface area contributed by atoms with Crippen molar-refractivity contribution in [1.82, 2.24) is 5.32 Å². The zero-order valence-electron chi connectivity index (χ0n) is 12.4. The molecule has 1 heterocycles. The molecule has 1 aromatic rings. The van der Waals surface area contributed by atoms with Gasteiger partial charge in [-0.15, -0.1) is 0 Å². The van der Waals surface area contributed by atoms with Gasteiger partial charge in [0.1, 0.15) is 5.54 Å². The maximum atomic E-state index is 12.1. The largest absolute Gasteiger partial charge is 0.479 e. The number of hydrogen-bond acceptors (Lipinski definition) is 3. The number of rotatable bonds is 5. The lowest BCUT2D eigenvalue weighted by molar-refractivity contribution is -0.146. The highest BCUT2D eigenvalue weighted by Crippen LogP contribution is 2.28. The fourth-order valence-corrected chi connectivity index (χ4v) is 3.92. The zero-order valence-corrected chi connectivity index (χ0v) is 13.3. The Morgan fingerprint density at radius 2 is 2.14 bits per heavy atom. The van der Waals surface area contributed by atoms with Gasteiger partial charge in [-0.3, -0.25) is 4.79 Å². The van der Waals surface area contributed by atoms with E-state index in [1.54, 1.807) is 11.8 Å². The van der Waals surface area contributed by atoms with E-state index >= 15 is 0 Å². The molecule has 0 aliphatic carbocycles. The fraction of sp³-hybridized carbons (Fsp3) is 0.500. The van der Waals surface area contributed by atoms with E-state index in [-0.39, 0.29) is 5.91 Å². The van der Waals surface area contributed by atoms with E-state index in [1.165, 1.54) is 11.1 Å². The monoisotopic (exact) mass is 307 g/mol. The molecule has 1 atom stereocenters. The number of thioether (sulfide) groups is 1. The minimum Gasteiger partial charge on any atom is -0.479 e. The van der Waals surface area contributed by atoms with Crippen LogP contribution in [0.4, 0.5) is 0 Å². The summed E-state index contributed by atoms with van der Waals surface area (Å²) < 4.78 is 0. The average molecular weight is 307 g/mol. The van der Waals surface area contributed by atoms with Crippen molar-refractivity contribution in [2.24, 2.45) is 0 Å². The van der Waals surface area contributed by atoms with Crippen molar-refractivity contribution in [3.8, 4) is 0 Å². The summed E-state index contributed by atoms with van der Waals surface area (Å²) in [7, 11) is 0. The van der Waals surface area contributed by atoms with E-state index < -0.39 is 11.5 Å². The first-order chi connectivity index (χ1) is 9.93. The SMILES string of the molecule is Cc1ccc(CCC(=O)NC2(C(=O)O)CCSC2)c(C)c1. The summed E-state index contributed by atoms with van der Waals surface area (Å²) in [5.41, 5.74) is 2.45. The van der Waals surface area contributed by atoms with Gasteiger partial charge in [0, 0.05) is 12.2 Å². The van der Waals surface area contributed by atoms with Crippen molar-refractivity contribution < 1.29 is 14.7 Å². The molecular weight excluding hydrogens is 286 g/mol.